The number of morpholine rings is 1. The van der Waals surface area contributed by atoms with Gasteiger partial charge in [-0.3, -0.25) is 9.72 Å². The minimum atomic E-state index is -0.126. The first kappa shape index (κ1) is 17.8. The Bertz CT molecular complexity index is 1020. The molecule has 3 aromatic heterocycles. The van der Waals surface area contributed by atoms with Crippen molar-refractivity contribution in [2.75, 3.05) is 49.6 Å². The van der Waals surface area contributed by atoms with E-state index in [4.69, 9.17) is 4.74 Å². The van der Waals surface area contributed by atoms with Crippen molar-refractivity contribution >= 4 is 23.3 Å². The molecule has 0 unspecified atom stereocenters. The highest BCUT2D eigenvalue weighted by Crippen LogP contribution is 2.21. The molecule has 0 bridgehead atoms. The Hall–Kier alpha value is -3.27. The third kappa shape index (κ3) is 3.70. The Kier molecular flexibility index (Phi) is 4.68. The van der Waals surface area contributed by atoms with Crippen LogP contribution in [-0.2, 0) is 4.74 Å². The number of hydrogen-bond donors (Lipinski definition) is 1. The number of ether oxygens (including phenoxy) is 1. The lowest BCUT2D eigenvalue weighted by Crippen LogP contribution is -2.36. The predicted molar refractivity (Wildman–Crippen MR) is 107 cm³/mol. The first-order chi connectivity index (χ1) is 14.3. The zero-order valence-corrected chi connectivity index (χ0v) is 16.0. The standard InChI is InChI=1S/C19H22N8O2/c28-19(26-3-1-2-4-26)24-17-9-15(21-13-22-17)16-12-27-11-14(10-20-18(27)23-16)25-5-7-29-8-6-25/h9-13H,1-8H2,(H,21,22,24,28). The Morgan fingerprint density at radius 1 is 1.00 bits per heavy atom. The number of fused-ring (bicyclic) bond motifs is 1. The van der Waals surface area contributed by atoms with Crippen molar-refractivity contribution in [3.63, 3.8) is 0 Å². The van der Waals surface area contributed by atoms with Crippen LogP contribution in [0, 0.1) is 0 Å². The van der Waals surface area contributed by atoms with E-state index in [2.05, 4.69) is 30.2 Å². The number of nitrogens with one attached hydrogen (secondary N) is 1. The molecule has 1 N–H and O–H groups in total. The van der Waals surface area contributed by atoms with Crippen LogP contribution in [0.25, 0.3) is 17.2 Å². The lowest BCUT2D eigenvalue weighted by Gasteiger charge is -2.28. The van der Waals surface area contributed by atoms with Crippen LogP contribution in [0.5, 0.6) is 0 Å². The van der Waals surface area contributed by atoms with Gasteiger partial charge in [-0.1, -0.05) is 0 Å². The van der Waals surface area contributed by atoms with Gasteiger partial charge in [0.2, 0.25) is 5.78 Å². The minimum Gasteiger partial charge on any atom is -0.378 e. The third-order valence-electron chi connectivity index (χ3n) is 5.23. The number of aromatic nitrogens is 5. The number of hydrogen-bond acceptors (Lipinski definition) is 7. The monoisotopic (exact) mass is 394 g/mol. The normalized spacial score (nSPS) is 17.1. The molecule has 2 aliphatic rings. The molecule has 2 saturated heterocycles. The van der Waals surface area contributed by atoms with Crippen molar-refractivity contribution in [2.45, 2.75) is 12.8 Å². The van der Waals surface area contributed by atoms with Gasteiger partial charge in [0.25, 0.3) is 0 Å². The van der Waals surface area contributed by atoms with Gasteiger partial charge in [0.05, 0.1) is 30.8 Å². The molecule has 2 amide bonds. The summed E-state index contributed by atoms with van der Waals surface area (Å²) in [6.07, 6.45) is 9.26. The fourth-order valence-electron chi connectivity index (χ4n) is 3.66. The minimum absolute atomic E-state index is 0.126. The van der Waals surface area contributed by atoms with E-state index < -0.39 is 0 Å². The number of likely N-dealkylation sites (tertiary alicyclic amines) is 1. The summed E-state index contributed by atoms with van der Waals surface area (Å²) in [4.78, 5) is 33.9. The van der Waals surface area contributed by atoms with Crippen LogP contribution in [-0.4, -0.2) is 74.7 Å². The number of anilines is 2. The summed E-state index contributed by atoms with van der Waals surface area (Å²) in [5, 5.41) is 2.85. The van der Waals surface area contributed by atoms with Gasteiger partial charge in [-0.25, -0.2) is 24.7 Å². The second-order valence-corrected chi connectivity index (χ2v) is 7.16. The van der Waals surface area contributed by atoms with E-state index in [1.165, 1.54) is 6.33 Å². The highest BCUT2D eigenvalue weighted by Gasteiger charge is 2.19. The zero-order chi connectivity index (χ0) is 19.6. The van der Waals surface area contributed by atoms with Crippen molar-refractivity contribution in [3.05, 3.63) is 31.0 Å². The average Bonchev–Trinajstić information content (AvgIpc) is 3.44. The third-order valence-corrected chi connectivity index (χ3v) is 5.23. The van der Waals surface area contributed by atoms with Crippen molar-refractivity contribution in [2.24, 2.45) is 0 Å². The van der Waals surface area contributed by atoms with E-state index in [-0.39, 0.29) is 6.03 Å². The number of rotatable bonds is 3. The Morgan fingerprint density at radius 3 is 2.66 bits per heavy atom. The highest BCUT2D eigenvalue weighted by molar-refractivity contribution is 5.88. The predicted octanol–water partition coefficient (Wildman–Crippen LogP) is 1.65. The first-order valence-electron chi connectivity index (χ1n) is 9.82. The molecule has 29 heavy (non-hydrogen) atoms. The van der Waals surface area contributed by atoms with Gasteiger partial charge in [-0.2, -0.15) is 0 Å². The van der Waals surface area contributed by atoms with Crippen molar-refractivity contribution in [1.82, 2.24) is 29.2 Å². The van der Waals surface area contributed by atoms with Crippen molar-refractivity contribution < 1.29 is 9.53 Å². The van der Waals surface area contributed by atoms with Gasteiger partial charge in [-0.15, -0.1) is 0 Å². The van der Waals surface area contributed by atoms with Crippen LogP contribution in [0.15, 0.2) is 31.0 Å². The van der Waals surface area contributed by atoms with Crippen LogP contribution < -0.4 is 10.2 Å². The summed E-state index contributed by atoms with van der Waals surface area (Å²) >= 11 is 0. The zero-order valence-electron chi connectivity index (χ0n) is 16.0. The maximum absolute atomic E-state index is 12.3. The topological polar surface area (TPSA) is 101 Å². The summed E-state index contributed by atoms with van der Waals surface area (Å²) in [5.74, 6) is 1.06. The van der Waals surface area contributed by atoms with Crippen molar-refractivity contribution in [1.29, 1.82) is 0 Å². The van der Waals surface area contributed by atoms with Gasteiger partial charge in [0.1, 0.15) is 17.8 Å². The number of carbonyl (C=O) groups is 1. The molecule has 0 radical (unpaired) electrons. The number of imidazole rings is 1. The molecule has 0 atom stereocenters. The Labute approximate surface area is 167 Å². The second kappa shape index (κ2) is 7.63. The lowest BCUT2D eigenvalue weighted by molar-refractivity contribution is 0.122. The molecular weight excluding hydrogens is 372 g/mol. The molecule has 5 heterocycles. The molecule has 2 aliphatic heterocycles. The first-order valence-corrected chi connectivity index (χ1v) is 9.82. The van der Waals surface area contributed by atoms with E-state index in [0.717, 1.165) is 57.9 Å². The highest BCUT2D eigenvalue weighted by atomic mass is 16.5. The smallest absolute Gasteiger partial charge is 0.323 e. The van der Waals surface area contributed by atoms with Gasteiger partial charge in [-0.05, 0) is 12.8 Å². The molecule has 0 saturated carbocycles. The molecule has 0 spiro atoms. The molecule has 150 valence electrons. The number of nitrogens with zero attached hydrogens (tertiary/aromatic N) is 7. The van der Waals surface area contributed by atoms with Gasteiger partial charge < -0.3 is 14.5 Å². The van der Waals surface area contributed by atoms with Crippen LogP contribution in [0.4, 0.5) is 16.3 Å². The van der Waals surface area contributed by atoms with Gasteiger partial charge in [0.15, 0.2) is 0 Å². The molecule has 0 aromatic carbocycles. The summed E-state index contributed by atoms with van der Waals surface area (Å²) in [6, 6.07) is 1.61. The van der Waals surface area contributed by atoms with Crippen LogP contribution in [0.1, 0.15) is 12.8 Å². The van der Waals surface area contributed by atoms with Crippen LogP contribution in [0.3, 0.4) is 0 Å². The fourth-order valence-corrected chi connectivity index (χ4v) is 3.66. The maximum atomic E-state index is 12.3. The average molecular weight is 394 g/mol. The summed E-state index contributed by atoms with van der Waals surface area (Å²) < 4.78 is 7.31. The second-order valence-electron chi connectivity index (χ2n) is 7.16. The Balaban J connectivity index is 1.37. The molecule has 10 nitrogen and oxygen atoms in total. The molecule has 3 aromatic rings. The quantitative estimate of drug-likeness (QED) is 0.721. The van der Waals surface area contributed by atoms with E-state index in [1.54, 1.807) is 11.0 Å². The van der Waals surface area contributed by atoms with Crippen LogP contribution in [0.2, 0.25) is 0 Å². The molecule has 0 aliphatic carbocycles. The van der Waals surface area contributed by atoms with E-state index >= 15 is 0 Å². The van der Waals surface area contributed by atoms with E-state index in [1.807, 2.05) is 23.0 Å². The SMILES string of the molecule is O=C(Nc1cc(-c2cn3cc(N4CCOCC4)cnc3n2)ncn1)N1CCCC1. The van der Waals surface area contributed by atoms with E-state index in [0.29, 0.717) is 23.0 Å². The van der Waals surface area contributed by atoms with Gasteiger partial charge in [0, 0.05) is 44.6 Å². The van der Waals surface area contributed by atoms with Crippen molar-refractivity contribution in [3.8, 4) is 11.4 Å². The summed E-state index contributed by atoms with van der Waals surface area (Å²) in [6.45, 7) is 4.71. The summed E-state index contributed by atoms with van der Waals surface area (Å²) in [5.41, 5.74) is 2.34. The molecule has 10 heteroatoms. The lowest BCUT2D eigenvalue weighted by atomic mass is 10.3. The van der Waals surface area contributed by atoms with Crippen LogP contribution >= 0.6 is 0 Å². The maximum Gasteiger partial charge on any atom is 0.323 e. The van der Waals surface area contributed by atoms with E-state index in [9.17, 15) is 4.79 Å². The Morgan fingerprint density at radius 2 is 1.83 bits per heavy atom. The fraction of sp³-hybridized carbons (Fsp3) is 0.421. The molecule has 5 rings (SSSR count). The number of urea groups is 1. The molecule has 2 fully saturated rings. The summed E-state index contributed by atoms with van der Waals surface area (Å²) in [7, 11) is 0. The largest absolute Gasteiger partial charge is 0.378 e. The molecular formula is C19H22N8O2. The van der Waals surface area contributed by atoms with Gasteiger partial charge >= 0.3 is 6.03 Å². The number of amides is 2. The number of carbonyl (C=O) groups excluding carboxylic acids is 1.